The molecule has 8 heteroatoms. The first-order chi connectivity index (χ1) is 16.5. The normalized spacial score (nSPS) is 10.6. The third-order valence-corrected chi connectivity index (χ3v) is 6.09. The summed E-state index contributed by atoms with van der Waals surface area (Å²) in [6.45, 7) is 0. The number of hydrogen-bond acceptors (Lipinski definition) is 6. The Morgan fingerprint density at radius 3 is 2.24 bits per heavy atom. The van der Waals surface area contributed by atoms with Gasteiger partial charge in [0.1, 0.15) is 5.75 Å². The highest BCUT2D eigenvalue weighted by molar-refractivity contribution is 6.39. The van der Waals surface area contributed by atoms with E-state index >= 15 is 0 Å². The maximum absolute atomic E-state index is 11.2. The van der Waals surface area contributed by atoms with Crippen LogP contribution in [0.5, 0.6) is 11.6 Å². The van der Waals surface area contributed by atoms with Crippen molar-refractivity contribution in [2.24, 2.45) is 0 Å². The molecule has 0 spiro atoms. The minimum absolute atomic E-state index is 0.208. The fourth-order valence-electron chi connectivity index (χ4n) is 3.60. The topological polar surface area (TPSA) is 78.4 Å². The molecule has 4 aromatic rings. The van der Waals surface area contributed by atoms with E-state index < -0.39 is 0 Å². The van der Waals surface area contributed by atoms with Crippen LogP contribution in [-0.2, 0) is 0 Å². The molecule has 0 saturated carbocycles. The van der Waals surface area contributed by atoms with Crippen LogP contribution < -0.4 is 9.47 Å². The number of methoxy groups -OCH3 is 2. The van der Waals surface area contributed by atoms with Gasteiger partial charge in [0.05, 0.1) is 46.8 Å². The largest absolute Gasteiger partial charge is 0.496 e. The van der Waals surface area contributed by atoms with Gasteiger partial charge in [0.25, 0.3) is 0 Å². The summed E-state index contributed by atoms with van der Waals surface area (Å²) in [6.07, 6.45) is 3.05. The number of halogens is 2. The Labute approximate surface area is 206 Å². The van der Waals surface area contributed by atoms with Gasteiger partial charge >= 0.3 is 0 Å². The quantitative estimate of drug-likeness (QED) is 0.276. The molecule has 4 rings (SSSR count). The Morgan fingerprint density at radius 1 is 0.794 bits per heavy atom. The lowest BCUT2D eigenvalue weighted by Gasteiger charge is -2.14. The van der Waals surface area contributed by atoms with E-state index in [2.05, 4.69) is 9.97 Å². The molecule has 6 nitrogen and oxygen atoms in total. The van der Waals surface area contributed by atoms with Crippen molar-refractivity contribution in [1.29, 1.82) is 0 Å². The molecule has 2 aromatic heterocycles. The SMILES string of the molecule is COc1cc(-c2ccnc(-c3cccc(-c4ccc(C=O)c(OC)n4)c3Cl)c2Cl)ccc1C=O. The lowest BCUT2D eigenvalue weighted by atomic mass is 10.00. The van der Waals surface area contributed by atoms with Gasteiger partial charge < -0.3 is 9.47 Å². The highest BCUT2D eigenvalue weighted by atomic mass is 35.5. The molecule has 0 fully saturated rings. The Kier molecular flexibility index (Phi) is 6.91. The highest BCUT2D eigenvalue weighted by Crippen LogP contribution is 2.41. The van der Waals surface area contributed by atoms with Crippen molar-refractivity contribution in [3.8, 4) is 45.3 Å². The summed E-state index contributed by atoms with van der Waals surface area (Å²) in [6, 6.07) is 15.8. The number of pyridine rings is 2. The van der Waals surface area contributed by atoms with Gasteiger partial charge in [-0.3, -0.25) is 14.6 Å². The Morgan fingerprint density at radius 2 is 1.53 bits per heavy atom. The molecule has 0 N–H and O–H groups in total. The summed E-state index contributed by atoms with van der Waals surface area (Å²) in [5.41, 5.74) is 4.52. The molecule has 0 unspecified atom stereocenters. The summed E-state index contributed by atoms with van der Waals surface area (Å²) in [4.78, 5) is 31.3. The number of aldehydes is 2. The third kappa shape index (κ3) is 4.25. The second-order valence-corrected chi connectivity index (χ2v) is 7.93. The van der Waals surface area contributed by atoms with Crippen LogP contribution in [0.4, 0.5) is 0 Å². The first-order valence-electron chi connectivity index (χ1n) is 10.1. The Bertz CT molecular complexity index is 1300. The van der Waals surface area contributed by atoms with Crippen molar-refractivity contribution in [3.63, 3.8) is 0 Å². The van der Waals surface area contributed by atoms with Crippen molar-refractivity contribution in [3.05, 3.63) is 82.0 Å². The number of benzene rings is 2. The molecule has 0 amide bonds. The second kappa shape index (κ2) is 10.0. The molecule has 34 heavy (non-hydrogen) atoms. The van der Waals surface area contributed by atoms with Crippen LogP contribution in [0, 0.1) is 0 Å². The number of hydrogen-bond donors (Lipinski definition) is 0. The van der Waals surface area contributed by atoms with Crippen molar-refractivity contribution in [2.45, 2.75) is 0 Å². The number of nitrogens with zero attached hydrogens (tertiary/aromatic N) is 2. The fraction of sp³-hybridized carbons (Fsp3) is 0.0769. The van der Waals surface area contributed by atoms with Crippen molar-refractivity contribution >= 4 is 35.8 Å². The summed E-state index contributed by atoms with van der Waals surface area (Å²) in [7, 11) is 2.95. The predicted octanol–water partition coefficient (Wildman–Crippen LogP) is 6.43. The molecule has 0 radical (unpaired) electrons. The van der Waals surface area contributed by atoms with Gasteiger partial charge in [-0.15, -0.1) is 0 Å². The number of aromatic nitrogens is 2. The number of carbonyl (C=O) groups excluding carboxylic acids is 2. The standard InChI is InChI=1S/C26H18Cl2N2O4/c1-33-22-12-15(6-7-16(22)13-31)18-10-11-29-25(24(18)28)20-5-3-4-19(23(20)27)21-9-8-17(14-32)26(30-21)34-2/h3-14H,1-2H3. The maximum atomic E-state index is 11.2. The first kappa shape index (κ1) is 23.4. The van der Waals surface area contributed by atoms with Gasteiger partial charge in [-0.05, 0) is 35.9 Å². The van der Waals surface area contributed by atoms with Crippen LogP contribution in [0.2, 0.25) is 10.0 Å². The van der Waals surface area contributed by atoms with Crippen LogP contribution in [-0.4, -0.2) is 36.8 Å². The van der Waals surface area contributed by atoms with Gasteiger partial charge in [-0.1, -0.05) is 47.5 Å². The summed E-state index contributed by atoms with van der Waals surface area (Å²) in [5, 5.41) is 0.792. The Balaban J connectivity index is 1.83. The molecule has 0 aliphatic carbocycles. The zero-order valence-corrected chi connectivity index (χ0v) is 19.7. The minimum Gasteiger partial charge on any atom is -0.496 e. The molecule has 0 atom stereocenters. The van der Waals surface area contributed by atoms with Gasteiger partial charge in [0.2, 0.25) is 5.88 Å². The van der Waals surface area contributed by atoms with E-state index in [1.165, 1.54) is 14.2 Å². The Hall–Kier alpha value is -3.74. The van der Waals surface area contributed by atoms with E-state index in [9.17, 15) is 9.59 Å². The molecule has 0 aliphatic heterocycles. The van der Waals surface area contributed by atoms with E-state index in [0.29, 0.717) is 61.3 Å². The highest BCUT2D eigenvalue weighted by Gasteiger charge is 2.18. The molecule has 170 valence electrons. The fourth-order valence-corrected chi connectivity index (χ4v) is 4.23. The molecular formula is C26H18Cl2N2O4. The lowest BCUT2D eigenvalue weighted by molar-refractivity contribution is 0.111. The number of carbonyl (C=O) groups is 2. The molecule has 2 heterocycles. The third-order valence-electron chi connectivity index (χ3n) is 5.30. The summed E-state index contributed by atoms with van der Waals surface area (Å²) < 4.78 is 10.5. The second-order valence-electron chi connectivity index (χ2n) is 7.18. The van der Waals surface area contributed by atoms with E-state index in [4.69, 9.17) is 32.7 Å². The van der Waals surface area contributed by atoms with Gasteiger partial charge in [-0.2, -0.15) is 0 Å². The zero-order chi connectivity index (χ0) is 24.2. The van der Waals surface area contributed by atoms with Crippen molar-refractivity contribution in [1.82, 2.24) is 9.97 Å². The summed E-state index contributed by atoms with van der Waals surface area (Å²) >= 11 is 13.6. The molecular weight excluding hydrogens is 475 g/mol. The van der Waals surface area contributed by atoms with Gasteiger partial charge in [0, 0.05) is 22.9 Å². The predicted molar refractivity (Wildman–Crippen MR) is 132 cm³/mol. The van der Waals surface area contributed by atoms with E-state index in [0.717, 1.165) is 11.8 Å². The van der Waals surface area contributed by atoms with Crippen LogP contribution in [0.15, 0.2) is 60.8 Å². The maximum Gasteiger partial charge on any atom is 0.224 e. The average Bonchev–Trinajstić information content (AvgIpc) is 2.88. The number of ether oxygens (including phenoxy) is 2. The van der Waals surface area contributed by atoms with Gasteiger partial charge in [-0.25, -0.2) is 4.98 Å². The van der Waals surface area contributed by atoms with Crippen LogP contribution >= 0.6 is 23.2 Å². The van der Waals surface area contributed by atoms with Crippen LogP contribution in [0.1, 0.15) is 20.7 Å². The van der Waals surface area contributed by atoms with Crippen molar-refractivity contribution < 1.29 is 19.1 Å². The molecule has 0 saturated heterocycles. The smallest absolute Gasteiger partial charge is 0.224 e. The molecule has 2 aromatic carbocycles. The molecule has 0 aliphatic rings. The monoisotopic (exact) mass is 492 g/mol. The van der Waals surface area contributed by atoms with Gasteiger partial charge in [0.15, 0.2) is 12.6 Å². The number of rotatable bonds is 7. The van der Waals surface area contributed by atoms with E-state index in [1.807, 2.05) is 18.2 Å². The lowest BCUT2D eigenvalue weighted by Crippen LogP contribution is -1.97. The zero-order valence-electron chi connectivity index (χ0n) is 18.2. The summed E-state index contributed by atoms with van der Waals surface area (Å²) in [5.74, 6) is 0.653. The van der Waals surface area contributed by atoms with E-state index in [1.54, 1.807) is 42.6 Å². The van der Waals surface area contributed by atoms with Crippen molar-refractivity contribution in [2.75, 3.05) is 14.2 Å². The van der Waals surface area contributed by atoms with E-state index in [-0.39, 0.29) is 5.88 Å². The minimum atomic E-state index is 0.208. The van der Waals surface area contributed by atoms with Crippen LogP contribution in [0.25, 0.3) is 33.6 Å². The van der Waals surface area contributed by atoms with Crippen LogP contribution in [0.3, 0.4) is 0 Å². The first-order valence-corrected chi connectivity index (χ1v) is 10.9. The molecule has 0 bridgehead atoms. The average molecular weight is 493 g/mol.